The molecule has 0 fully saturated rings. The van der Waals surface area contributed by atoms with Crippen LogP contribution in [0.3, 0.4) is 0 Å². The number of hydrogen-bond donors (Lipinski definition) is 0. The van der Waals surface area contributed by atoms with Crippen LogP contribution >= 0.6 is 34.8 Å². The van der Waals surface area contributed by atoms with Crippen LogP contribution in [0.2, 0.25) is 20.0 Å². The fraction of sp³-hybridized carbons (Fsp3) is 0.0526. The Morgan fingerprint density at radius 1 is 0.478 bits per heavy atom. The van der Waals surface area contributed by atoms with Gasteiger partial charge in [-0.3, -0.25) is 0 Å². The topological polar surface area (TPSA) is 0 Å². The van der Waals surface area contributed by atoms with Crippen molar-refractivity contribution in [1.82, 2.24) is 0 Å². The molecule has 0 N–H and O–H groups in total. The summed E-state index contributed by atoms with van der Waals surface area (Å²) >= 11 is 15.2. The summed E-state index contributed by atoms with van der Waals surface area (Å²) in [5.74, 6) is 0. The van der Waals surface area contributed by atoms with Gasteiger partial charge in [0, 0.05) is 0 Å². The van der Waals surface area contributed by atoms with Crippen LogP contribution in [0.5, 0.6) is 0 Å². The first-order valence-corrected chi connectivity index (χ1v) is 15.6. The molecular formula is C19H15Cl3Sn. The summed E-state index contributed by atoms with van der Waals surface area (Å²) in [4.78, 5) is 2.41. The van der Waals surface area contributed by atoms with E-state index < -0.39 is 18.4 Å². The number of halogens is 3. The molecular weight excluding hydrogens is 453 g/mol. The van der Waals surface area contributed by atoms with E-state index >= 15 is 0 Å². The van der Waals surface area contributed by atoms with Gasteiger partial charge < -0.3 is 0 Å². The van der Waals surface area contributed by atoms with Crippen molar-refractivity contribution < 1.29 is 0 Å². The second-order valence-electron chi connectivity index (χ2n) is 5.65. The molecule has 0 aliphatic rings. The second-order valence-corrected chi connectivity index (χ2v) is 18.3. The molecule has 0 aliphatic carbocycles. The molecule has 3 aromatic carbocycles. The Labute approximate surface area is 155 Å². The summed E-state index contributed by atoms with van der Waals surface area (Å²) in [7, 11) is 0. The number of benzene rings is 3. The maximum absolute atomic E-state index is 6.08. The summed E-state index contributed by atoms with van der Waals surface area (Å²) in [6.07, 6.45) is 0. The SMILES string of the molecule is [CH3][Sn]([c]1ccc(Cl)cc1)([c]1ccc(Cl)cc1)[c]1ccc(Cl)cc1. The Kier molecular flexibility index (Phi) is 5.27. The van der Waals surface area contributed by atoms with Gasteiger partial charge in [0.05, 0.1) is 0 Å². The van der Waals surface area contributed by atoms with Crippen molar-refractivity contribution in [2.75, 3.05) is 0 Å². The molecule has 0 amide bonds. The first-order valence-electron chi connectivity index (χ1n) is 7.28. The van der Waals surface area contributed by atoms with Gasteiger partial charge in [-0.05, 0) is 0 Å². The van der Waals surface area contributed by atoms with Gasteiger partial charge in [-0.1, -0.05) is 0 Å². The Morgan fingerprint density at radius 3 is 0.913 bits per heavy atom. The van der Waals surface area contributed by atoms with Crippen molar-refractivity contribution >= 4 is 63.9 Å². The first kappa shape index (κ1) is 17.2. The molecule has 0 aromatic heterocycles. The van der Waals surface area contributed by atoms with E-state index in [-0.39, 0.29) is 0 Å². The zero-order valence-corrected chi connectivity index (χ0v) is 17.7. The molecule has 0 aliphatic heterocycles. The van der Waals surface area contributed by atoms with E-state index in [4.69, 9.17) is 34.8 Å². The van der Waals surface area contributed by atoms with Crippen LogP contribution in [0.25, 0.3) is 0 Å². The van der Waals surface area contributed by atoms with Gasteiger partial charge in [0.25, 0.3) is 0 Å². The van der Waals surface area contributed by atoms with E-state index in [9.17, 15) is 0 Å². The summed E-state index contributed by atoms with van der Waals surface area (Å²) in [5.41, 5.74) is 0. The van der Waals surface area contributed by atoms with Crippen LogP contribution < -0.4 is 10.7 Å². The number of hydrogen-bond acceptors (Lipinski definition) is 0. The minimum absolute atomic E-state index is 0.759. The molecule has 0 heterocycles. The van der Waals surface area contributed by atoms with Crippen LogP contribution in [0, 0.1) is 0 Å². The van der Waals surface area contributed by atoms with Crippen molar-refractivity contribution in [3.05, 3.63) is 87.9 Å². The van der Waals surface area contributed by atoms with Crippen LogP contribution in [0.15, 0.2) is 72.8 Å². The van der Waals surface area contributed by atoms with Gasteiger partial charge in [-0.2, -0.15) is 0 Å². The van der Waals surface area contributed by atoms with Gasteiger partial charge in [0.1, 0.15) is 0 Å². The van der Waals surface area contributed by atoms with Crippen LogP contribution in [-0.4, -0.2) is 18.4 Å². The minimum atomic E-state index is -3.05. The zero-order chi connectivity index (χ0) is 16.4. The Balaban J connectivity index is 2.21. The van der Waals surface area contributed by atoms with Gasteiger partial charge in [-0.25, -0.2) is 0 Å². The molecule has 0 atom stereocenters. The Hall–Kier alpha value is -0.671. The number of rotatable bonds is 3. The molecule has 0 bridgehead atoms. The molecule has 4 heteroatoms. The van der Waals surface area contributed by atoms with Crippen molar-refractivity contribution in [3.63, 3.8) is 0 Å². The van der Waals surface area contributed by atoms with E-state index in [0.29, 0.717) is 0 Å². The molecule has 116 valence electrons. The monoisotopic (exact) mass is 468 g/mol. The fourth-order valence-corrected chi connectivity index (χ4v) is 13.2. The van der Waals surface area contributed by atoms with Crippen LogP contribution in [0.4, 0.5) is 0 Å². The van der Waals surface area contributed by atoms with Crippen molar-refractivity contribution in [2.45, 2.75) is 4.94 Å². The fourth-order valence-electron chi connectivity index (χ4n) is 2.85. The Morgan fingerprint density at radius 2 is 0.696 bits per heavy atom. The normalized spacial score (nSPS) is 11.5. The van der Waals surface area contributed by atoms with Crippen LogP contribution in [-0.2, 0) is 0 Å². The molecule has 0 unspecified atom stereocenters. The van der Waals surface area contributed by atoms with E-state index in [1.807, 2.05) is 36.4 Å². The molecule has 3 rings (SSSR count). The van der Waals surface area contributed by atoms with E-state index in [1.165, 1.54) is 10.7 Å². The first-order chi connectivity index (χ1) is 11.0. The van der Waals surface area contributed by atoms with Gasteiger partial charge in [0.2, 0.25) is 0 Å². The van der Waals surface area contributed by atoms with Gasteiger partial charge in [0.15, 0.2) is 0 Å². The van der Waals surface area contributed by atoms with Gasteiger partial charge in [-0.15, -0.1) is 0 Å². The Bertz CT molecular complexity index is 683. The van der Waals surface area contributed by atoms with E-state index in [1.54, 1.807) is 0 Å². The van der Waals surface area contributed by atoms with Gasteiger partial charge >= 0.3 is 157 Å². The quantitative estimate of drug-likeness (QED) is 0.487. The second kappa shape index (κ2) is 7.06. The van der Waals surface area contributed by atoms with E-state index in [2.05, 4.69) is 41.3 Å². The molecule has 0 saturated heterocycles. The third kappa shape index (κ3) is 3.56. The predicted octanol–water partition coefficient (Wildman–Crippen LogP) is 4.75. The average Bonchev–Trinajstić information content (AvgIpc) is 2.56. The summed E-state index contributed by atoms with van der Waals surface area (Å²) in [5, 5.41) is 2.28. The van der Waals surface area contributed by atoms with Crippen molar-refractivity contribution in [1.29, 1.82) is 0 Å². The average molecular weight is 468 g/mol. The molecule has 0 saturated carbocycles. The maximum atomic E-state index is 6.08. The van der Waals surface area contributed by atoms with E-state index in [0.717, 1.165) is 15.1 Å². The third-order valence-corrected chi connectivity index (χ3v) is 17.8. The molecule has 3 aromatic rings. The zero-order valence-electron chi connectivity index (χ0n) is 12.6. The molecule has 0 radical (unpaired) electrons. The molecule has 23 heavy (non-hydrogen) atoms. The summed E-state index contributed by atoms with van der Waals surface area (Å²) in [6, 6.07) is 24.7. The predicted molar refractivity (Wildman–Crippen MR) is 105 cm³/mol. The summed E-state index contributed by atoms with van der Waals surface area (Å²) in [6.45, 7) is 0. The molecule has 0 spiro atoms. The third-order valence-electron chi connectivity index (χ3n) is 4.26. The molecule has 0 nitrogen and oxygen atoms in total. The summed E-state index contributed by atoms with van der Waals surface area (Å²) < 4.78 is 4.11. The van der Waals surface area contributed by atoms with Crippen molar-refractivity contribution in [3.8, 4) is 0 Å². The van der Waals surface area contributed by atoms with Crippen molar-refractivity contribution in [2.24, 2.45) is 0 Å². The standard InChI is InChI=1S/3C6H4Cl.CH3.Sn/c3*7-6-4-2-1-3-5-6;;/h3*2-5H;1H3;. The van der Waals surface area contributed by atoms with Crippen LogP contribution in [0.1, 0.15) is 0 Å².